The number of ether oxygens (including phenoxy) is 2. The molecule has 0 bridgehead atoms. The average molecular weight is 668 g/mol. The summed E-state index contributed by atoms with van der Waals surface area (Å²) < 4.78 is 13.0. The Balaban J connectivity index is 2.01. The number of alkyl carbamates (subject to hydrolysis) is 1. The number of benzene rings is 2. The van der Waals surface area contributed by atoms with Crippen LogP contribution in [0.25, 0.3) is 0 Å². The molecule has 0 heterocycles. The fourth-order valence-electron chi connectivity index (χ4n) is 3.62. The number of hydrogen-bond donors (Lipinski definition) is 5. The Morgan fingerprint density at radius 2 is 1.57 bits per heavy atom. The van der Waals surface area contributed by atoms with E-state index in [1.54, 1.807) is 45.0 Å². The molecule has 11 nitrogen and oxygen atoms in total. The van der Waals surface area contributed by atoms with Crippen molar-refractivity contribution in [2.45, 2.75) is 70.7 Å². The van der Waals surface area contributed by atoms with E-state index < -0.39 is 29.9 Å². The second-order valence-corrected chi connectivity index (χ2v) is 10.8. The molecule has 0 radical (unpaired) electrons. The van der Waals surface area contributed by atoms with Crippen LogP contribution >= 0.6 is 22.9 Å². The van der Waals surface area contributed by atoms with Gasteiger partial charge in [0, 0.05) is 35.1 Å². The summed E-state index contributed by atoms with van der Waals surface area (Å²) in [4.78, 5) is 49.1. The number of amides is 4. The van der Waals surface area contributed by atoms with Crippen LogP contribution in [0.2, 0.25) is 0 Å². The van der Waals surface area contributed by atoms with Crippen LogP contribution in [0.4, 0.5) is 15.3 Å². The molecule has 0 saturated carbocycles. The quantitative estimate of drug-likeness (QED) is 0.116. The molecule has 12 heteroatoms. The highest BCUT2D eigenvalue weighted by Gasteiger charge is 2.25. The summed E-state index contributed by atoms with van der Waals surface area (Å²) >= 11 is 1.94. The molecule has 6 N–H and O–H groups in total. The molecule has 0 unspecified atom stereocenters. The van der Waals surface area contributed by atoms with E-state index in [4.69, 9.17) is 15.2 Å². The molecule has 218 valence electrons. The second kappa shape index (κ2) is 16.7. The Morgan fingerprint density at radius 1 is 0.900 bits per heavy atom. The fraction of sp³-hybridized carbons (Fsp3) is 0.429. The van der Waals surface area contributed by atoms with Gasteiger partial charge in [0.2, 0.25) is 11.8 Å². The van der Waals surface area contributed by atoms with Crippen LogP contribution in [0, 0.1) is 0 Å². The van der Waals surface area contributed by atoms with Gasteiger partial charge in [0.1, 0.15) is 18.2 Å². The molecule has 4 amide bonds. The van der Waals surface area contributed by atoms with E-state index in [2.05, 4.69) is 19.5 Å². The maximum atomic E-state index is 13.2. The topological polar surface area (TPSA) is 161 Å². The first-order chi connectivity index (χ1) is 19.0. The monoisotopic (exact) mass is 667 g/mol. The van der Waals surface area contributed by atoms with E-state index in [1.165, 1.54) is 0 Å². The van der Waals surface area contributed by atoms with Crippen LogP contribution in [0.1, 0.15) is 51.2 Å². The van der Waals surface area contributed by atoms with E-state index in [0.29, 0.717) is 43.5 Å². The van der Waals surface area contributed by atoms with Crippen molar-refractivity contribution in [1.82, 2.24) is 14.2 Å². The molecule has 0 fully saturated rings. The van der Waals surface area contributed by atoms with E-state index in [-0.39, 0.29) is 18.4 Å². The molecule has 0 aliphatic carbocycles. The third-order valence-corrected chi connectivity index (χ3v) is 6.31. The summed E-state index contributed by atoms with van der Waals surface area (Å²) in [7, 11) is 0. The highest BCUT2D eigenvalue weighted by molar-refractivity contribution is 14.1. The number of hydrogen-bond acceptors (Lipinski definition) is 7. The van der Waals surface area contributed by atoms with Gasteiger partial charge >= 0.3 is 12.2 Å². The number of rotatable bonds is 14. The van der Waals surface area contributed by atoms with Gasteiger partial charge in [-0.05, 0) is 69.7 Å². The molecule has 0 aliphatic heterocycles. The largest absolute Gasteiger partial charge is 0.445 e. The van der Waals surface area contributed by atoms with Crippen molar-refractivity contribution in [3.05, 3.63) is 65.7 Å². The number of carbonyl (C=O) groups is 4. The van der Waals surface area contributed by atoms with Crippen molar-refractivity contribution < 1.29 is 28.7 Å². The van der Waals surface area contributed by atoms with Gasteiger partial charge in [0.15, 0.2) is 0 Å². The van der Waals surface area contributed by atoms with Crippen LogP contribution < -0.4 is 25.2 Å². The zero-order chi connectivity index (χ0) is 29.5. The Kier molecular flexibility index (Phi) is 13.7. The summed E-state index contributed by atoms with van der Waals surface area (Å²) in [5.74, 6) is -0.675. The lowest BCUT2D eigenvalue weighted by atomic mass is 10.0. The Labute approximate surface area is 248 Å². The lowest BCUT2D eigenvalue weighted by Crippen LogP contribution is -2.50. The molecule has 2 rings (SSSR count). The lowest BCUT2D eigenvalue weighted by Gasteiger charge is -2.22. The zero-order valence-corrected chi connectivity index (χ0v) is 25.2. The third-order valence-electron chi connectivity index (χ3n) is 5.55. The Bertz CT molecular complexity index is 1110. The van der Waals surface area contributed by atoms with E-state index >= 15 is 0 Å². The maximum absolute atomic E-state index is 13.2. The SMILES string of the molecule is CC(C)(C)OC(=O)NCCCC[C@H](NC(=O)[C@H](Cc1ccccc1)NI)C(=O)Nc1ccc(COC(N)=O)cc1. The van der Waals surface area contributed by atoms with Crippen LogP contribution in [-0.2, 0) is 32.1 Å². The van der Waals surface area contributed by atoms with Crippen LogP contribution in [0.15, 0.2) is 54.6 Å². The first-order valence-corrected chi connectivity index (χ1v) is 14.0. The van der Waals surface area contributed by atoms with Crippen molar-refractivity contribution in [2.24, 2.45) is 5.73 Å². The summed E-state index contributed by atoms with van der Waals surface area (Å²) in [5.41, 5.74) is 6.62. The molecule has 2 aromatic rings. The predicted octanol–water partition coefficient (Wildman–Crippen LogP) is 3.95. The zero-order valence-electron chi connectivity index (χ0n) is 23.0. The van der Waals surface area contributed by atoms with Gasteiger partial charge in [-0.1, -0.05) is 42.5 Å². The van der Waals surface area contributed by atoms with Gasteiger partial charge in [-0.15, -0.1) is 0 Å². The number of primary amides is 1. The van der Waals surface area contributed by atoms with Crippen LogP contribution in [-0.4, -0.2) is 48.2 Å². The summed E-state index contributed by atoms with van der Waals surface area (Å²) in [6.07, 6.45) is 0.598. The normalized spacial score (nSPS) is 12.5. The van der Waals surface area contributed by atoms with E-state index in [1.807, 2.05) is 53.2 Å². The van der Waals surface area contributed by atoms with E-state index in [9.17, 15) is 19.2 Å². The number of halogens is 1. The Hall–Kier alpha value is -3.39. The standard InChI is InChI=1S/C28H38IN5O6/c1-28(2,3)40-27(38)31-16-8-7-11-22(33-25(36)23(34-29)17-19-9-5-4-6-10-19)24(35)32-21-14-12-20(13-15-21)18-39-26(30)37/h4-6,9-10,12-15,22-23,34H,7-8,11,16-18H2,1-3H3,(H2,30,37)(H,31,38)(H,32,35)(H,33,36)/t22-,23-/m0/s1. The van der Waals surface area contributed by atoms with Gasteiger partial charge in [0.05, 0.1) is 6.04 Å². The maximum Gasteiger partial charge on any atom is 0.407 e. The van der Waals surface area contributed by atoms with E-state index in [0.717, 1.165) is 5.56 Å². The third kappa shape index (κ3) is 13.1. The first kappa shape index (κ1) is 32.8. The highest BCUT2D eigenvalue weighted by Crippen LogP contribution is 2.13. The van der Waals surface area contributed by atoms with Gasteiger partial charge in [-0.3, -0.25) is 9.59 Å². The Morgan fingerprint density at radius 3 is 2.17 bits per heavy atom. The number of unbranched alkanes of at least 4 members (excludes halogenated alkanes) is 1. The van der Waals surface area contributed by atoms with Gasteiger partial charge in [0.25, 0.3) is 0 Å². The highest BCUT2D eigenvalue weighted by atomic mass is 127. The first-order valence-electron chi connectivity index (χ1n) is 13.0. The molecule has 2 aromatic carbocycles. The van der Waals surface area contributed by atoms with Gasteiger partial charge in [-0.25, -0.2) is 13.1 Å². The minimum absolute atomic E-state index is 0.0195. The van der Waals surface area contributed by atoms with Gasteiger partial charge < -0.3 is 31.2 Å². The number of nitrogens with one attached hydrogen (secondary N) is 4. The van der Waals surface area contributed by atoms with Crippen molar-refractivity contribution in [3.63, 3.8) is 0 Å². The minimum atomic E-state index is -0.871. The minimum Gasteiger partial charge on any atom is -0.445 e. The predicted molar refractivity (Wildman–Crippen MR) is 161 cm³/mol. The summed E-state index contributed by atoms with van der Waals surface area (Å²) in [6.45, 7) is 5.76. The molecular weight excluding hydrogens is 629 g/mol. The smallest absolute Gasteiger partial charge is 0.407 e. The van der Waals surface area contributed by atoms with Crippen molar-refractivity contribution in [1.29, 1.82) is 0 Å². The molecule has 40 heavy (non-hydrogen) atoms. The molecule has 2 atom stereocenters. The van der Waals surface area contributed by atoms with Crippen molar-refractivity contribution in [2.75, 3.05) is 11.9 Å². The summed E-state index contributed by atoms with van der Waals surface area (Å²) in [6, 6.07) is 15.0. The molecular formula is C28H38IN5O6. The second-order valence-electron chi connectivity index (χ2n) is 10.1. The molecule has 0 aliphatic rings. The lowest BCUT2D eigenvalue weighted by molar-refractivity contribution is -0.127. The molecule has 0 saturated heterocycles. The van der Waals surface area contributed by atoms with Gasteiger partial charge in [-0.2, -0.15) is 0 Å². The fourth-order valence-corrected chi connectivity index (χ4v) is 4.12. The van der Waals surface area contributed by atoms with Crippen molar-refractivity contribution >= 4 is 52.6 Å². The average Bonchev–Trinajstić information content (AvgIpc) is 2.89. The number of carbonyl (C=O) groups excluding carboxylic acids is 4. The molecule has 0 spiro atoms. The van der Waals surface area contributed by atoms with Crippen LogP contribution in [0.3, 0.4) is 0 Å². The number of nitrogens with two attached hydrogens (primary N) is 1. The van der Waals surface area contributed by atoms with Crippen molar-refractivity contribution in [3.8, 4) is 0 Å². The van der Waals surface area contributed by atoms with Crippen LogP contribution in [0.5, 0.6) is 0 Å². The number of anilines is 1. The molecule has 0 aromatic heterocycles. The summed E-state index contributed by atoms with van der Waals surface area (Å²) in [5, 5.41) is 8.42.